The summed E-state index contributed by atoms with van der Waals surface area (Å²) in [5.74, 6) is 1.58. The van der Waals surface area contributed by atoms with Gasteiger partial charge in [0.2, 0.25) is 0 Å². The molecule has 0 bridgehead atoms. The van der Waals surface area contributed by atoms with Crippen molar-refractivity contribution in [2.24, 2.45) is 0 Å². The van der Waals surface area contributed by atoms with Crippen molar-refractivity contribution < 1.29 is 14.2 Å². The predicted octanol–water partition coefficient (Wildman–Crippen LogP) is 1.86. The van der Waals surface area contributed by atoms with Crippen LogP contribution in [-0.2, 0) is 9.48 Å². The normalized spacial score (nSPS) is 18.1. The maximum atomic E-state index is 5.33. The van der Waals surface area contributed by atoms with Crippen molar-refractivity contribution in [3.8, 4) is 11.5 Å². The molecule has 4 heteroatoms. The summed E-state index contributed by atoms with van der Waals surface area (Å²) in [4.78, 5) is 0. The monoisotopic (exact) mass is 226 g/mol. The second kappa shape index (κ2) is 3.94. The quantitative estimate of drug-likeness (QED) is 0.797. The molecule has 0 N–H and O–H groups in total. The summed E-state index contributed by atoms with van der Waals surface area (Å²) >= 11 is 4.60. The molecule has 0 radical (unpaired) electrons. The Morgan fingerprint density at radius 2 is 2.00 bits per heavy atom. The average Bonchev–Trinajstić information content (AvgIpc) is 2.25. The van der Waals surface area contributed by atoms with Crippen LogP contribution in [0.5, 0.6) is 11.5 Å². The summed E-state index contributed by atoms with van der Waals surface area (Å²) < 4.78 is 15.4. The summed E-state index contributed by atoms with van der Waals surface area (Å²) in [6.07, 6.45) is 0. The number of hydrogen-bond donors (Lipinski definition) is 1. The molecule has 82 valence electrons. The van der Waals surface area contributed by atoms with Gasteiger partial charge in [-0.2, -0.15) is 12.6 Å². The second-order valence-electron chi connectivity index (χ2n) is 3.59. The van der Waals surface area contributed by atoms with Gasteiger partial charge in [0.25, 0.3) is 0 Å². The lowest BCUT2D eigenvalue weighted by atomic mass is 9.95. The second-order valence-corrected chi connectivity index (χ2v) is 4.45. The van der Waals surface area contributed by atoms with E-state index in [2.05, 4.69) is 12.6 Å². The van der Waals surface area contributed by atoms with Gasteiger partial charge in [0.1, 0.15) is 11.5 Å². The van der Waals surface area contributed by atoms with Gasteiger partial charge in [-0.3, -0.25) is 0 Å². The zero-order valence-corrected chi connectivity index (χ0v) is 9.71. The van der Waals surface area contributed by atoms with E-state index in [-0.39, 0.29) is 4.75 Å². The smallest absolute Gasteiger partial charge is 0.127 e. The van der Waals surface area contributed by atoms with Crippen LogP contribution in [0.1, 0.15) is 5.56 Å². The number of ether oxygens (including phenoxy) is 3. The van der Waals surface area contributed by atoms with Gasteiger partial charge in [-0.25, -0.2) is 0 Å². The maximum absolute atomic E-state index is 5.33. The van der Waals surface area contributed by atoms with Gasteiger partial charge in [-0.15, -0.1) is 0 Å². The molecular weight excluding hydrogens is 212 g/mol. The van der Waals surface area contributed by atoms with Gasteiger partial charge in [-0.1, -0.05) is 6.07 Å². The fourth-order valence-electron chi connectivity index (χ4n) is 1.63. The standard InChI is InChI=1S/C11H14O3S/c1-12-8-3-4-9(10(5-8)13-2)11(15)6-14-7-11/h3-5,15H,6-7H2,1-2H3. The molecule has 0 aliphatic carbocycles. The first-order chi connectivity index (χ1) is 7.19. The van der Waals surface area contributed by atoms with Crippen LogP contribution in [0.3, 0.4) is 0 Å². The molecule has 2 rings (SSSR count). The first kappa shape index (κ1) is 10.6. The van der Waals surface area contributed by atoms with Crippen molar-refractivity contribution >= 4 is 12.6 Å². The van der Waals surface area contributed by atoms with E-state index >= 15 is 0 Å². The van der Waals surface area contributed by atoms with Gasteiger partial charge in [-0.05, 0) is 6.07 Å². The van der Waals surface area contributed by atoms with Gasteiger partial charge in [0.05, 0.1) is 32.2 Å². The summed E-state index contributed by atoms with van der Waals surface area (Å²) in [6.45, 7) is 1.25. The Balaban J connectivity index is 2.38. The molecule has 1 aromatic rings. The number of thiol groups is 1. The van der Waals surface area contributed by atoms with Crippen molar-refractivity contribution in [1.82, 2.24) is 0 Å². The van der Waals surface area contributed by atoms with E-state index < -0.39 is 0 Å². The molecule has 1 aromatic carbocycles. The van der Waals surface area contributed by atoms with E-state index in [0.717, 1.165) is 17.1 Å². The fraction of sp³-hybridized carbons (Fsp3) is 0.455. The minimum atomic E-state index is -0.211. The van der Waals surface area contributed by atoms with Crippen LogP contribution in [0, 0.1) is 0 Å². The first-order valence-electron chi connectivity index (χ1n) is 4.72. The van der Waals surface area contributed by atoms with Crippen molar-refractivity contribution in [1.29, 1.82) is 0 Å². The molecule has 3 nitrogen and oxygen atoms in total. The molecule has 0 saturated carbocycles. The van der Waals surface area contributed by atoms with Crippen molar-refractivity contribution in [2.75, 3.05) is 27.4 Å². The van der Waals surface area contributed by atoms with E-state index in [1.165, 1.54) is 0 Å². The Morgan fingerprint density at radius 3 is 2.47 bits per heavy atom. The van der Waals surface area contributed by atoms with Crippen LogP contribution < -0.4 is 9.47 Å². The lowest BCUT2D eigenvalue weighted by Gasteiger charge is -2.38. The van der Waals surface area contributed by atoms with E-state index in [9.17, 15) is 0 Å². The molecule has 1 aliphatic heterocycles. The van der Waals surface area contributed by atoms with Crippen LogP contribution in [-0.4, -0.2) is 27.4 Å². The lowest BCUT2D eigenvalue weighted by Crippen LogP contribution is -2.41. The van der Waals surface area contributed by atoms with E-state index in [1.807, 2.05) is 18.2 Å². The van der Waals surface area contributed by atoms with Crippen molar-refractivity contribution in [2.45, 2.75) is 4.75 Å². The Hall–Kier alpha value is -0.870. The minimum absolute atomic E-state index is 0.211. The topological polar surface area (TPSA) is 27.7 Å². The molecule has 15 heavy (non-hydrogen) atoms. The highest BCUT2D eigenvalue weighted by Gasteiger charge is 2.38. The Kier molecular flexibility index (Phi) is 2.80. The van der Waals surface area contributed by atoms with Gasteiger partial charge < -0.3 is 14.2 Å². The van der Waals surface area contributed by atoms with Gasteiger partial charge in [0.15, 0.2) is 0 Å². The number of rotatable bonds is 3. The highest BCUT2D eigenvalue weighted by Crippen LogP contribution is 2.42. The molecule has 0 spiro atoms. The lowest BCUT2D eigenvalue weighted by molar-refractivity contribution is -0.0106. The Bertz CT molecular complexity index is 361. The molecular formula is C11H14O3S. The van der Waals surface area contributed by atoms with Crippen LogP contribution >= 0.6 is 12.6 Å². The number of hydrogen-bond acceptors (Lipinski definition) is 4. The van der Waals surface area contributed by atoms with Crippen molar-refractivity contribution in [3.63, 3.8) is 0 Å². The average molecular weight is 226 g/mol. The van der Waals surface area contributed by atoms with E-state index in [0.29, 0.717) is 13.2 Å². The molecule has 0 unspecified atom stereocenters. The maximum Gasteiger partial charge on any atom is 0.127 e. The van der Waals surface area contributed by atoms with Crippen LogP contribution in [0.2, 0.25) is 0 Å². The van der Waals surface area contributed by atoms with Gasteiger partial charge in [0, 0.05) is 11.6 Å². The summed E-state index contributed by atoms with van der Waals surface area (Å²) in [7, 11) is 3.28. The summed E-state index contributed by atoms with van der Waals surface area (Å²) in [5, 5.41) is 0. The molecule has 1 fully saturated rings. The van der Waals surface area contributed by atoms with Crippen LogP contribution in [0.4, 0.5) is 0 Å². The van der Waals surface area contributed by atoms with Gasteiger partial charge >= 0.3 is 0 Å². The zero-order valence-electron chi connectivity index (χ0n) is 8.82. The Labute approximate surface area is 94.7 Å². The Morgan fingerprint density at radius 1 is 1.27 bits per heavy atom. The SMILES string of the molecule is COc1ccc(C2(S)COC2)c(OC)c1. The molecule has 1 aliphatic rings. The number of benzene rings is 1. The third-order valence-corrected chi connectivity index (χ3v) is 3.09. The summed E-state index contributed by atoms with van der Waals surface area (Å²) in [6, 6.07) is 5.76. The molecule has 0 amide bonds. The largest absolute Gasteiger partial charge is 0.497 e. The van der Waals surface area contributed by atoms with E-state index in [4.69, 9.17) is 14.2 Å². The number of methoxy groups -OCH3 is 2. The zero-order chi connectivity index (χ0) is 10.9. The summed E-state index contributed by atoms with van der Waals surface area (Å²) in [5.41, 5.74) is 1.06. The van der Waals surface area contributed by atoms with E-state index in [1.54, 1.807) is 14.2 Å². The van der Waals surface area contributed by atoms with Crippen LogP contribution in [0.25, 0.3) is 0 Å². The minimum Gasteiger partial charge on any atom is -0.497 e. The highest BCUT2D eigenvalue weighted by molar-refractivity contribution is 7.81. The fourth-order valence-corrected chi connectivity index (χ4v) is 2.00. The molecule has 0 aromatic heterocycles. The molecule has 1 heterocycles. The van der Waals surface area contributed by atoms with Crippen molar-refractivity contribution in [3.05, 3.63) is 23.8 Å². The molecule has 1 saturated heterocycles. The molecule has 0 atom stereocenters. The van der Waals surface area contributed by atoms with Crippen LogP contribution in [0.15, 0.2) is 18.2 Å². The highest BCUT2D eigenvalue weighted by atomic mass is 32.1. The third kappa shape index (κ3) is 1.79. The third-order valence-electron chi connectivity index (χ3n) is 2.59. The predicted molar refractivity (Wildman–Crippen MR) is 61.0 cm³/mol. The first-order valence-corrected chi connectivity index (χ1v) is 5.17.